The average molecular weight is 332 g/mol. The Morgan fingerprint density at radius 3 is 2.22 bits per heavy atom. The second-order valence-electron chi connectivity index (χ2n) is 4.85. The first-order chi connectivity index (χ1) is 10.9. The predicted molar refractivity (Wildman–Crippen MR) is 87.4 cm³/mol. The number of benzene rings is 2. The number of hydrogen-bond acceptors (Lipinski definition) is 4. The number of nitrogens with one attached hydrogen (secondary N) is 2. The number of aryl methyl sites for hydroxylation is 1. The van der Waals surface area contributed by atoms with Gasteiger partial charge in [0.25, 0.3) is 15.9 Å². The van der Waals surface area contributed by atoms with E-state index in [-0.39, 0.29) is 4.90 Å². The fourth-order valence-corrected chi connectivity index (χ4v) is 2.86. The number of hydroxylamine groups is 1. The van der Waals surface area contributed by atoms with Gasteiger partial charge in [0, 0.05) is 11.8 Å². The molecule has 0 aliphatic heterocycles. The van der Waals surface area contributed by atoms with Crippen LogP contribution in [0.2, 0.25) is 0 Å². The van der Waals surface area contributed by atoms with Crippen LogP contribution >= 0.6 is 0 Å². The molecule has 6 nitrogen and oxygen atoms in total. The topological polar surface area (TPSA) is 95.5 Å². The quantitative estimate of drug-likeness (QED) is 0.445. The number of anilines is 1. The van der Waals surface area contributed by atoms with Crippen LogP contribution in [-0.2, 0) is 14.8 Å². The van der Waals surface area contributed by atoms with Gasteiger partial charge in [0.1, 0.15) is 0 Å². The van der Waals surface area contributed by atoms with E-state index < -0.39 is 15.9 Å². The standard InChI is InChI=1S/C16H16N2O4S/c1-12-2-7-14(8-3-12)18-23(21,22)15-9-4-13(5-10-15)6-11-16(19)17-20/h2-11,18,20H,1H3,(H,17,19)/b11-6+. The highest BCUT2D eigenvalue weighted by Crippen LogP contribution is 2.17. The van der Waals surface area contributed by atoms with Crippen molar-refractivity contribution in [1.82, 2.24) is 5.48 Å². The zero-order valence-corrected chi connectivity index (χ0v) is 13.2. The third-order valence-corrected chi connectivity index (χ3v) is 4.43. The summed E-state index contributed by atoms with van der Waals surface area (Å²) in [6, 6.07) is 13.0. The van der Waals surface area contributed by atoms with Gasteiger partial charge in [-0.05, 0) is 42.8 Å². The summed E-state index contributed by atoms with van der Waals surface area (Å²) in [4.78, 5) is 11.0. The molecule has 2 rings (SSSR count). The normalized spacial score (nSPS) is 11.4. The first-order valence-corrected chi connectivity index (χ1v) is 8.21. The Morgan fingerprint density at radius 1 is 1.04 bits per heavy atom. The Bertz CT molecular complexity index is 810. The Hall–Kier alpha value is -2.64. The maximum absolute atomic E-state index is 12.3. The minimum absolute atomic E-state index is 0.113. The van der Waals surface area contributed by atoms with Crippen molar-refractivity contribution in [2.75, 3.05) is 4.72 Å². The van der Waals surface area contributed by atoms with Crippen LogP contribution in [0.15, 0.2) is 59.5 Å². The molecule has 0 fully saturated rings. The number of amides is 1. The molecule has 0 atom stereocenters. The molecule has 2 aromatic rings. The molecular weight excluding hydrogens is 316 g/mol. The number of sulfonamides is 1. The van der Waals surface area contributed by atoms with Gasteiger partial charge in [-0.3, -0.25) is 14.7 Å². The van der Waals surface area contributed by atoms with Crippen LogP contribution in [0, 0.1) is 6.92 Å². The zero-order chi connectivity index (χ0) is 16.9. The number of carbonyl (C=O) groups excluding carboxylic acids is 1. The predicted octanol–water partition coefficient (Wildman–Crippen LogP) is 2.31. The molecular formula is C16H16N2O4S. The van der Waals surface area contributed by atoms with E-state index in [1.807, 2.05) is 19.1 Å². The van der Waals surface area contributed by atoms with Crippen molar-refractivity contribution in [3.05, 3.63) is 65.7 Å². The largest absolute Gasteiger partial charge is 0.288 e. The first kappa shape index (κ1) is 16.7. The summed E-state index contributed by atoms with van der Waals surface area (Å²) in [5.41, 5.74) is 3.62. The van der Waals surface area contributed by atoms with Gasteiger partial charge in [0.15, 0.2) is 0 Å². The summed E-state index contributed by atoms with van der Waals surface area (Å²) in [6.45, 7) is 1.92. The molecule has 7 heteroatoms. The molecule has 2 aromatic carbocycles. The van der Waals surface area contributed by atoms with Crippen LogP contribution in [0.4, 0.5) is 5.69 Å². The molecule has 23 heavy (non-hydrogen) atoms. The van der Waals surface area contributed by atoms with Gasteiger partial charge >= 0.3 is 0 Å². The van der Waals surface area contributed by atoms with E-state index in [1.54, 1.807) is 24.3 Å². The lowest BCUT2D eigenvalue weighted by atomic mass is 10.2. The van der Waals surface area contributed by atoms with E-state index in [0.29, 0.717) is 11.3 Å². The third kappa shape index (κ3) is 4.67. The molecule has 0 aliphatic rings. The fourth-order valence-electron chi connectivity index (χ4n) is 1.80. The van der Waals surface area contributed by atoms with Crippen molar-refractivity contribution in [2.45, 2.75) is 11.8 Å². The minimum Gasteiger partial charge on any atom is -0.288 e. The van der Waals surface area contributed by atoms with E-state index in [1.165, 1.54) is 23.7 Å². The summed E-state index contributed by atoms with van der Waals surface area (Å²) < 4.78 is 27.1. The number of carbonyl (C=O) groups is 1. The van der Waals surface area contributed by atoms with E-state index in [4.69, 9.17) is 5.21 Å². The molecule has 0 aromatic heterocycles. The second kappa shape index (κ2) is 7.08. The van der Waals surface area contributed by atoms with Crippen molar-refractivity contribution in [3.63, 3.8) is 0 Å². The van der Waals surface area contributed by atoms with Crippen LogP contribution in [-0.4, -0.2) is 19.5 Å². The van der Waals surface area contributed by atoms with Gasteiger partial charge < -0.3 is 0 Å². The Morgan fingerprint density at radius 2 is 1.65 bits per heavy atom. The summed E-state index contributed by atoms with van der Waals surface area (Å²) in [5.74, 6) is -0.664. The van der Waals surface area contributed by atoms with Gasteiger partial charge in [-0.2, -0.15) is 0 Å². The molecule has 1 amide bonds. The molecule has 120 valence electrons. The molecule has 0 unspecified atom stereocenters. The van der Waals surface area contributed by atoms with Gasteiger partial charge in [-0.15, -0.1) is 0 Å². The maximum Gasteiger partial charge on any atom is 0.267 e. The lowest BCUT2D eigenvalue weighted by Crippen LogP contribution is -2.14. The number of rotatable bonds is 5. The zero-order valence-electron chi connectivity index (χ0n) is 12.4. The van der Waals surface area contributed by atoms with Crippen LogP contribution in [0.5, 0.6) is 0 Å². The molecule has 0 radical (unpaired) electrons. The molecule has 0 heterocycles. The summed E-state index contributed by atoms with van der Waals surface area (Å²) in [6.07, 6.45) is 2.59. The summed E-state index contributed by atoms with van der Waals surface area (Å²) in [7, 11) is -3.67. The minimum atomic E-state index is -3.67. The molecule has 0 saturated heterocycles. The molecule has 0 bridgehead atoms. The van der Waals surface area contributed by atoms with Crippen molar-refractivity contribution in [3.8, 4) is 0 Å². The Balaban J connectivity index is 2.15. The van der Waals surface area contributed by atoms with E-state index in [9.17, 15) is 13.2 Å². The fraction of sp³-hybridized carbons (Fsp3) is 0.0625. The molecule has 3 N–H and O–H groups in total. The third-order valence-electron chi connectivity index (χ3n) is 3.03. The van der Waals surface area contributed by atoms with Crippen LogP contribution in [0.25, 0.3) is 6.08 Å². The van der Waals surface area contributed by atoms with Gasteiger partial charge in [0.05, 0.1) is 4.90 Å². The maximum atomic E-state index is 12.3. The van der Waals surface area contributed by atoms with Crippen LogP contribution in [0.1, 0.15) is 11.1 Å². The SMILES string of the molecule is Cc1ccc(NS(=O)(=O)c2ccc(/C=C/C(=O)NO)cc2)cc1. The highest BCUT2D eigenvalue weighted by molar-refractivity contribution is 7.92. The second-order valence-corrected chi connectivity index (χ2v) is 6.53. The highest BCUT2D eigenvalue weighted by atomic mass is 32.2. The number of hydrogen-bond donors (Lipinski definition) is 3. The van der Waals surface area contributed by atoms with Crippen molar-refractivity contribution in [1.29, 1.82) is 0 Å². The summed E-state index contributed by atoms with van der Waals surface area (Å²) >= 11 is 0. The van der Waals surface area contributed by atoms with E-state index in [0.717, 1.165) is 11.6 Å². The lowest BCUT2D eigenvalue weighted by molar-refractivity contribution is -0.124. The highest BCUT2D eigenvalue weighted by Gasteiger charge is 2.13. The van der Waals surface area contributed by atoms with Gasteiger partial charge in [0.2, 0.25) is 0 Å². The average Bonchev–Trinajstić information content (AvgIpc) is 2.55. The summed E-state index contributed by atoms with van der Waals surface area (Å²) in [5, 5.41) is 8.38. The Labute approximate surface area is 134 Å². The van der Waals surface area contributed by atoms with E-state index in [2.05, 4.69) is 4.72 Å². The van der Waals surface area contributed by atoms with Gasteiger partial charge in [-0.1, -0.05) is 29.8 Å². The van der Waals surface area contributed by atoms with E-state index >= 15 is 0 Å². The molecule has 0 saturated carbocycles. The van der Waals surface area contributed by atoms with Gasteiger partial charge in [-0.25, -0.2) is 13.9 Å². The lowest BCUT2D eigenvalue weighted by Gasteiger charge is -2.08. The van der Waals surface area contributed by atoms with Crippen molar-refractivity contribution < 1.29 is 18.4 Å². The van der Waals surface area contributed by atoms with Crippen molar-refractivity contribution in [2.24, 2.45) is 0 Å². The molecule has 0 spiro atoms. The van der Waals surface area contributed by atoms with Crippen LogP contribution in [0.3, 0.4) is 0 Å². The Kier molecular flexibility index (Phi) is 5.15. The van der Waals surface area contributed by atoms with Crippen LogP contribution < -0.4 is 10.2 Å². The van der Waals surface area contributed by atoms with Crippen molar-refractivity contribution >= 4 is 27.7 Å². The molecule has 0 aliphatic carbocycles. The smallest absolute Gasteiger partial charge is 0.267 e. The first-order valence-electron chi connectivity index (χ1n) is 6.72. The monoisotopic (exact) mass is 332 g/mol.